The predicted octanol–water partition coefficient (Wildman–Crippen LogP) is 2.11. The second kappa shape index (κ2) is 2.57. The zero-order valence-corrected chi connectivity index (χ0v) is 7.80. The first kappa shape index (κ1) is 8.27. The molecular weight excluding hydrogens is 152 g/mol. The van der Waals surface area contributed by atoms with Crippen molar-refractivity contribution in [2.45, 2.75) is 32.5 Å². The highest BCUT2D eigenvalue weighted by Gasteiger charge is 2.40. The van der Waals surface area contributed by atoms with Crippen LogP contribution in [0, 0.1) is 5.41 Å². The van der Waals surface area contributed by atoms with Gasteiger partial charge in [-0.2, -0.15) is 0 Å². The smallest absolute Gasteiger partial charge is 0.162 e. The van der Waals surface area contributed by atoms with Crippen molar-refractivity contribution in [2.75, 3.05) is 13.2 Å². The van der Waals surface area contributed by atoms with Crippen molar-refractivity contribution >= 4 is 0 Å². The molecule has 1 aliphatic heterocycles. The summed E-state index contributed by atoms with van der Waals surface area (Å²) in [5.41, 5.74) is 0.273. The third-order valence-electron chi connectivity index (χ3n) is 2.72. The van der Waals surface area contributed by atoms with Gasteiger partial charge in [-0.1, -0.05) is 12.2 Å². The standard InChI is InChI=1S/C10H16O2/c1-9(2)11-7-10(8-12-9)5-3-4-6-10/h3-4H,5-8H2,1-2H3. The fourth-order valence-electron chi connectivity index (χ4n) is 1.72. The Morgan fingerprint density at radius 3 is 2.00 bits per heavy atom. The van der Waals surface area contributed by atoms with Crippen molar-refractivity contribution in [1.82, 2.24) is 0 Å². The van der Waals surface area contributed by atoms with Gasteiger partial charge in [0.15, 0.2) is 5.79 Å². The van der Waals surface area contributed by atoms with E-state index in [9.17, 15) is 0 Å². The molecule has 1 heterocycles. The Hall–Kier alpha value is -0.340. The minimum absolute atomic E-state index is 0.273. The van der Waals surface area contributed by atoms with E-state index in [1.165, 1.54) is 0 Å². The van der Waals surface area contributed by atoms with Crippen molar-refractivity contribution in [3.05, 3.63) is 12.2 Å². The summed E-state index contributed by atoms with van der Waals surface area (Å²) >= 11 is 0. The highest BCUT2D eigenvalue weighted by molar-refractivity contribution is 5.04. The molecule has 2 nitrogen and oxygen atoms in total. The molecule has 0 amide bonds. The zero-order valence-electron chi connectivity index (χ0n) is 7.80. The second-order valence-corrected chi connectivity index (χ2v) is 4.36. The molecule has 0 saturated carbocycles. The van der Waals surface area contributed by atoms with Gasteiger partial charge < -0.3 is 9.47 Å². The normalized spacial score (nSPS) is 31.2. The summed E-state index contributed by atoms with van der Waals surface area (Å²) < 4.78 is 11.3. The molecule has 0 atom stereocenters. The van der Waals surface area contributed by atoms with Gasteiger partial charge in [0.2, 0.25) is 0 Å². The van der Waals surface area contributed by atoms with Gasteiger partial charge in [-0.05, 0) is 26.7 Å². The van der Waals surface area contributed by atoms with Gasteiger partial charge in [0.25, 0.3) is 0 Å². The second-order valence-electron chi connectivity index (χ2n) is 4.36. The van der Waals surface area contributed by atoms with Gasteiger partial charge in [0.1, 0.15) is 0 Å². The average molecular weight is 168 g/mol. The Morgan fingerprint density at radius 1 is 1.00 bits per heavy atom. The first-order chi connectivity index (χ1) is 5.62. The maximum atomic E-state index is 5.64. The molecule has 0 aromatic carbocycles. The molecule has 2 rings (SSSR count). The van der Waals surface area contributed by atoms with Crippen LogP contribution in [0.25, 0.3) is 0 Å². The van der Waals surface area contributed by atoms with E-state index in [2.05, 4.69) is 12.2 Å². The molecule has 2 heteroatoms. The van der Waals surface area contributed by atoms with Crippen molar-refractivity contribution in [2.24, 2.45) is 5.41 Å². The fourth-order valence-corrected chi connectivity index (χ4v) is 1.72. The lowest BCUT2D eigenvalue weighted by molar-refractivity contribution is -0.283. The Morgan fingerprint density at radius 2 is 1.50 bits per heavy atom. The maximum absolute atomic E-state index is 5.64. The van der Waals surface area contributed by atoms with Crippen LogP contribution in [0.3, 0.4) is 0 Å². The van der Waals surface area contributed by atoms with E-state index in [0.717, 1.165) is 26.1 Å². The number of hydrogen-bond acceptors (Lipinski definition) is 2. The minimum atomic E-state index is -0.367. The van der Waals surface area contributed by atoms with Gasteiger partial charge in [0.05, 0.1) is 13.2 Å². The molecule has 1 saturated heterocycles. The highest BCUT2D eigenvalue weighted by atomic mass is 16.7. The van der Waals surface area contributed by atoms with Crippen LogP contribution in [0.4, 0.5) is 0 Å². The molecule has 0 bridgehead atoms. The topological polar surface area (TPSA) is 18.5 Å². The molecule has 1 aliphatic carbocycles. The molecular formula is C10H16O2. The van der Waals surface area contributed by atoms with Crippen LogP contribution in [0.2, 0.25) is 0 Å². The molecule has 2 aliphatic rings. The van der Waals surface area contributed by atoms with Crippen LogP contribution in [0.5, 0.6) is 0 Å². The quantitative estimate of drug-likeness (QED) is 0.516. The van der Waals surface area contributed by atoms with Gasteiger partial charge in [-0.25, -0.2) is 0 Å². The molecule has 0 radical (unpaired) electrons. The van der Waals surface area contributed by atoms with Crippen molar-refractivity contribution in [3.8, 4) is 0 Å². The van der Waals surface area contributed by atoms with Gasteiger partial charge in [-0.3, -0.25) is 0 Å². The zero-order chi connectivity index (χ0) is 8.66. The largest absolute Gasteiger partial charge is 0.350 e. The SMILES string of the molecule is CC1(C)OCC2(CC=CC2)CO1. The van der Waals surface area contributed by atoms with Crippen LogP contribution in [0.15, 0.2) is 12.2 Å². The predicted molar refractivity (Wildman–Crippen MR) is 46.8 cm³/mol. The van der Waals surface area contributed by atoms with E-state index in [0.29, 0.717) is 0 Å². The van der Waals surface area contributed by atoms with E-state index < -0.39 is 0 Å². The summed E-state index contributed by atoms with van der Waals surface area (Å²) in [6, 6.07) is 0. The Balaban J connectivity index is 1.98. The lowest BCUT2D eigenvalue weighted by atomic mass is 9.86. The van der Waals surface area contributed by atoms with Gasteiger partial charge >= 0.3 is 0 Å². The monoisotopic (exact) mass is 168 g/mol. The van der Waals surface area contributed by atoms with Crippen molar-refractivity contribution < 1.29 is 9.47 Å². The lowest BCUT2D eigenvalue weighted by Crippen LogP contribution is -2.45. The molecule has 0 aromatic rings. The third kappa shape index (κ3) is 1.41. The number of hydrogen-bond donors (Lipinski definition) is 0. The highest BCUT2D eigenvalue weighted by Crippen LogP contribution is 2.39. The van der Waals surface area contributed by atoms with Crippen LogP contribution in [-0.4, -0.2) is 19.0 Å². The average Bonchev–Trinajstić information content (AvgIpc) is 2.46. The van der Waals surface area contributed by atoms with Gasteiger partial charge in [-0.15, -0.1) is 0 Å². The van der Waals surface area contributed by atoms with Crippen LogP contribution >= 0.6 is 0 Å². The summed E-state index contributed by atoms with van der Waals surface area (Å²) in [5.74, 6) is -0.367. The molecule has 0 aromatic heterocycles. The molecule has 68 valence electrons. The Labute approximate surface area is 73.5 Å². The van der Waals surface area contributed by atoms with Crippen LogP contribution < -0.4 is 0 Å². The van der Waals surface area contributed by atoms with E-state index in [4.69, 9.17) is 9.47 Å². The molecule has 0 N–H and O–H groups in total. The van der Waals surface area contributed by atoms with Crippen molar-refractivity contribution in [3.63, 3.8) is 0 Å². The summed E-state index contributed by atoms with van der Waals surface area (Å²) in [6.07, 6.45) is 6.68. The van der Waals surface area contributed by atoms with E-state index in [1.807, 2.05) is 13.8 Å². The van der Waals surface area contributed by atoms with Crippen LogP contribution in [-0.2, 0) is 9.47 Å². The van der Waals surface area contributed by atoms with E-state index in [-0.39, 0.29) is 11.2 Å². The molecule has 1 spiro atoms. The van der Waals surface area contributed by atoms with Gasteiger partial charge in [0, 0.05) is 5.41 Å². The molecule has 0 unspecified atom stereocenters. The first-order valence-electron chi connectivity index (χ1n) is 4.55. The van der Waals surface area contributed by atoms with E-state index in [1.54, 1.807) is 0 Å². The lowest BCUT2D eigenvalue weighted by Gasteiger charge is -2.41. The maximum Gasteiger partial charge on any atom is 0.162 e. The number of rotatable bonds is 0. The summed E-state index contributed by atoms with van der Waals surface area (Å²) in [6.45, 7) is 5.63. The number of allylic oxidation sites excluding steroid dienone is 2. The summed E-state index contributed by atoms with van der Waals surface area (Å²) in [5, 5.41) is 0. The van der Waals surface area contributed by atoms with E-state index >= 15 is 0 Å². The third-order valence-corrected chi connectivity index (χ3v) is 2.72. The van der Waals surface area contributed by atoms with Crippen LogP contribution in [0.1, 0.15) is 26.7 Å². The Bertz CT molecular complexity index is 186. The Kier molecular flexibility index (Phi) is 1.77. The fraction of sp³-hybridized carbons (Fsp3) is 0.800. The first-order valence-corrected chi connectivity index (χ1v) is 4.55. The minimum Gasteiger partial charge on any atom is -0.350 e. The summed E-state index contributed by atoms with van der Waals surface area (Å²) in [4.78, 5) is 0. The van der Waals surface area contributed by atoms with Crippen molar-refractivity contribution in [1.29, 1.82) is 0 Å². The molecule has 1 fully saturated rings. The molecule has 12 heavy (non-hydrogen) atoms. The number of ether oxygens (including phenoxy) is 2. The summed E-state index contributed by atoms with van der Waals surface area (Å²) in [7, 11) is 0.